The van der Waals surface area contributed by atoms with Gasteiger partial charge in [-0.05, 0) is 30.9 Å². The smallest absolute Gasteiger partial charge is 0.126 e. The van der Waals surface area contributed by atoms with E-state index in [0.29, 0.717) is 23.3 Å². The van der Waals surface area contributed by atoms with E-state index in [4.69, 9.17) is 22.6 Å². The Labute approximate surface area is 111 Å². The van der Waals surface area contributed by atoms with Crippen molar-refractivity contribution in [2.24, 2.45) is 27.6 Å². The fourth-order valence-electron chi connectivity index (χ4n) is 2.06. The number of hydrogen-bond donors (Lipinski definition) is 4. The number of anilines is 1. The molecule has 0 radical (unpaired) electrons. The fourth-order valence-corrected chi connectivity index (χ4v) is 2.06. The lowest BCUT2D eigenvalue weighted by Crippen LogP contribution is -2.15. The fraction of sp³-hybridized carbons (Fsp3) is 0.308. The second-order valence-corrected chi connectivity index (χ2v) is 4.75. The lowest BCUT2D eigenvalue weighted by Gasteiger charge is -2.04. The molecule has 0 spiro atoms. The molecule has 2 atom stereocenters. The summed E-state index contributed by atoms with van der Waals surface area (Å²) in [5.41, 5.74) is 19.6. The first kappa shape index (κ1) is 13.1. The zero-order valence-corrected chi connectivity index (χ0v) is 10.8. The lowest BCUT2D eigenvalue weighted by molar-refractivity contribution is 1.02. The highest BCUT2D eigenvalue weighted by molar-refractivity contribution is 5.88. The Balaban J connectivity index is 2.11. The van der Waals surface area contributed by atoms with Crippen molar-refractivity contribution in [3.05, 3.63) is 29.3 Å². The molecule has 1 aliphatic rings. The van der Waals surface area contributed by atoms with Gasteiger partial charge in [0.25, 0.3) is 0 Å². The van der Waals surface area contributed by atoms with Crippen molar-refractivity contribution >= 4 is 23.6 Å². The minimum atomic E-state index is 0.202. The van der Waals surface area contributed by atoms with E-state index in [-0.39, 0.29) is 5.92 Å². The van der Waals surface area contributed by atoms with Gasteiger partial charge in [0.2, 0.25) is 0 Å². The SMILES string of the molecule is C/C(N)=N\N=C(/N)C1CC1c1ccc(C=N)c(N)c1. The number of nitrogen functional groups attached to an aromatic ring is 1. The molecule has 2 unspecified atom stereocenters. The van der Waals surface area contributed by atoms with E-state index >= 15 is 0 Å². The van der Waals surface area contributed by atoms with E-state index < -0.39 is 0 Å². The van der Waals surface area contributed by atoms with Gasteiger partial charge in [0.1, 0.15) is 11.7 Å². The maximum atomic E-state index is 7.21. The number of nitrogens with two attached hydrogens (primary N) is 3. The molecule has 0 aromatic heterocycles. The molecule has 6 nitrogen and oxygen atoms in total. The predicted molar refractivity (Wildman–Crippen MR) is 78.5 cm³/mol. The molecule has 6 heteroatoms. The summed E-state index contributed by atoms with van der Waals surface area (Å²) in [6, 6.07) is 5.73. The maximum Gasteiger partial charge on any atom is 0.126 e. The van der Waals surface area contributed by atoms with Crippen molar-refractivity contribution in [2.45, 2.75) is 19.3 Å². The Morgan fingerprint density at radius 1 is 1.37 bits per heavy atom. The van der Waals surface area contributed by atoms with Crippen LogP contribution in [0.4, 0.5) is 5.69 Å². The molecule has 1 fully saturated rings. The van der Waals surface area contributed by atoms with Crippen LogP contribution >= 0.6 is 0 Å². The molecule has 1 aliphatic carbocycles. The molecule has 1 saturated carbocycles. The van der Waals surface area contributed by atoms with Gasteiger partial charge in [-0.3, -0.25) is 0 Å². The van der Waals surface area contributed by atoms with E-state index in [1.807, 2.05) is 18.2 Å². The zero-order valence-electron chi connectivity index (χ0n) is 10.8. The largest absolute Gasteiger partial charge is 0.398 e. The van der Waals surface area contributed by atoms with Crippen LogP contribution in [0.15, 0.2) is 28.4 Å². The molecule has 1 aromatic rings. The van der Waals surface area contributed by atoms with Crippen molar-refractivity contribution in [3.8, 4) is 0 Å². The second kappa shape index (κ2) is 5.09. The average molecular weight is 258 g/mol. The molecule has 19 heavy (non-hydrogen) atoms. The summed E-state index contributed by atoms with van der Waals surface area (Å²) < 4.78 is 0. The zero-order chi connectivity index (χ0) is 14.0. The number of nitrogens with one attached hydrogen (secondary N) is 1. The van der Waals surface area contributed by atoms with Crippen LogP contribution < -0.4 is 17.2 Å². The van der Waals surface area contributed by atoms with Crippen LogP contribution in [0.25, 0.3) is 0 Å². The van der Waals surface area contributed by atoms with Gasteiger partial charge >= 0.3 is 0 Å². The number of hydrogen-bond acceptors (Lipinski definition) is 4. The van der Waals surface area contributed by atoms with Gasteiger partial charge in [-0.25, -0.2) is 0 Å². The summed E-state index contributed by atoms with van der Waals surface area (Å²) in [6.07, 6.45) is 2.19. The van der Waals surface area contributed by atoms with Crippen molar-refractivity contribution in [2.75, 3.05) is 5.73 Å². The number of amidine groups is 2. The van der Waals surface area contributed by atoms with Gasteiger partial charge in [-0.2, -0.15) is 0 Å². The van der Waals surface area contributed by atoms with Gasteiger partial charge in [-0.15, -0.1) is 10.2 Å². The first-order chi connectivity index (χ1) is 9.02. The summed E-state index contributed by atoms with van der Waals surface area (Å²) in [5.74, 6) is 1.43. The monoisotopic (exact) mass is 258 g/mol. The number of nitrogens with zero attached hydrogens (tertiary/aromatic N) is 2. The Bertz CT molecular complexity index is 556. The van der Waals surface area contributed by atoms with Crippen molar-refractivity contribution in [1.82, 2.24) is 0 Å². The van der Waals surface area contributed by atoms with Crippen LogP contribution in [0.2, 0.25) is 0 Å². The topological polar surface area (TPSA) is 127 Å². The highest BCUT2D eigenvalue weighted by Crippen LogP contribution is 2.48. The van der Waals surface area contributed by atoms with Gasteiger partial charge in [-0.1, -0.05) is 12.1 Å². The molecule has 7 N–H and O–H groups in total. The van der Waals surface area contributed by atoms with Crippen LogP contribution in [0, 0.1) is 11.3 Å². The molecule has 0 saturated heterocycles. The molecule has 0 amide bonds. The first-order valence-corrected chi connectivity index (χ1v) is 6.06. The van der Waals surface area contributed by atoms with E-state index in [0.717, 1.165) is 17.5 Å². The molecule has 0 aliphatic heterocycles. The standard InChI is InChI=1S/C13H18N6/c1-7(15)18-19-13(17)11-5-10(11)8-2-3-9(6-14)12(16)4-8/h2-4,6,10-11,14H,5,16H2,1H3,(H2,15,18)(H2,17,19). The first-order valence-electron chi connectivity index (χ1n) is 6.06. The molecular formula is C13H18N6. The Morgan fingerprint density at radius 3 is 2.68 bits per heavy atom. The van der Waals surface area contributed by atoms with Crippen LogP contribution in [-0.4, -0.2) is 17.9 Å². The third-order valence-electron chi connectivity index (χ3n) is 3.19. The van der Waals surface area contributed by atoms with E-state index in [9.17, 15) is 0 Å². The Morgan fingerprint density at radius 2 is 2.11 bits per heavy atom. The Hall–Kier alpha value is -2.37. The van der Waals surface area contributed by atoms with Crippen LogP contribution in [-0.2, 0) is 0 Å². The van der Waals surface area contributed by atoms with Crippen LogP contribution in [0.1, 0.15) is 30.4 Å². The summed E-state index contributed by atoms with van der Waals surface area (Å²) in [7, 11) is 0. The third kappa shape index (κ3) is 2.90. The van der Waals surface area contributed by atoms with Gasteiger partial charge in [0.15, 0.2) is 0 Å². The number of rotatable bonds is 4. The molecule has 1 aromatic carbocycles. The molecule has 2 rings (SSSR count). The summed E-state index contributed by atoms with van der Waals surface area (Å²) in [6.45, 7) is 1.66. The molecular weight excluding hydrogens is 240 g/mol. The van der Waals surface area contributed by atoms with Crippen molar-refractivity contribution in [1.29, 1.82) is 5.41 Å². The maximum absolute atomic E-state index is 7.21. The van der Waals surface area contributed by atoms with E-state index in [1.54, 1.807) is 6.92 Å². The van der Waals surface area contributed by atoms with E-state index in [1.165, 1.54) is 6.21 Å². The van der Waals surface area contributed by atoms with E-state index in [2.05, 4.69) is 10.2 Å². The van der Waals surface area contributed by atoms with Gasteiger partial charge in [0.05, 0.1) is 0 Å². The van der Waals surface area contributed by atoms with Gasteiger partial charge < -0.3 is 22.6 Å². The summed E-state index contributed by atoms with van der Waals surface area (Å²) >= 11 is 0. The lowest BCUT2D eigenvalue weighted by atomic mass is 10.0. The second-order valence-electron chi connectivity index (χ2n) is 4.75. The minimum Gasteiger partial charge on any atom is -0.398 e. The highest BCUT2D eigenvalue weighted by atomic mass is 15.3. The van der Waals surface area contributed by atoms with Gasteiger partial charge in [0, 0.05) is 23.4 Å². The Kier molecular flexibility index (Phi) is 3.50. The normalized spacial score (nSPS) is 23.2. The van der Waals surface area contributed by atoms with Crippen LogP contribution in [0.5, 0.6) is 0 Å². The average Bonchev–Trinajstić information content (AvgIpc) is 3.16. The molecule has 0 heterocycles. The molecule has 0 bridgehead atoms. The summed E-state index contributed by atoms with van der Waals surface area (Å²) in [4.78, 5) is 0. The summed E-state index contributed by atoms with van der Waals surface area (Å²) in [5, 5.41) is 14.9. The quantitative estimate of drug-likeness (QED) is 0.278. The molecule has 100 valence electrons. The highest BCUT2D eigenvalue weighted by Gasteiger charge is 2.41. The van der Waals surface area contributed by atoms with Crippen molar-refractivity contribution in [3.63, 3.8) is 0 Å². The van der Waals surface area contributed by atoms with Crippen LogP contribution in [0.3, 0.4) is 0 Å². The predicted octanol–water partition coefficient (Wildman–Crippen LogP) is 1.02. The number of benzene rings is 1. The third-order valence-corrected chi connectivity index (χ3v) is 3.19. The van der Waals surface area contributed by atoms with Crippen molar-refractivity contribution < 1.29 is 0 Å². The minimum absolute atomic E-state index is 0.202.